The quantitative estimate of drug-likeness (QED) is 0.598. The molecule has 2 fully saturated rings. The van der Waals surface area contributed by atoms with E-state index < -0.39 is 5.60 Å². The number of carbonyl (C=O) groups is 1. The summed E-state index contributed by atoms with van der Waals surface area (Å²) in [5.41, 5.74) is 2.88. The maximum Gasteiger partial charge on any atom is 0.240 e. The number of aryl methyl sites for hydroxylation is 1. The predicted octanol–water partition coefficient (Wildman–Crippen LogP) is 2.76. The molecule has 0 radical (unpaired) electrons. The molecule has 170 valence electrons. The SMILES string of the molecule is Cc1nccn1CC1(O)CCN(Cc2c(C)n(CC(=O)NC3CC3)c3ccccc23)CC1. The molecule has 3 aromatic rings. The molecule has 1 aromatic carbocycles. The molecule has 0 unspecified atom stereocenters. The number of imidazole rings is 1. The lowest BCUT2D eigenvalue weighted by atomic mass is 9.91. The van der Waals surface area contributed by atoms with E-state index in [0.717, 1.165) is 62.4 Å². The van der Waals surface area contributed by atoms with E-state index in [1.165, 1.54) is 10.9 Å². The van der Waals surface area contributed by atoms with Crippen LogP contribution in [-0.2, 0) is 24.4 Å². The normalized spacial score (nSPS) is 18.8. The minimum atomic E-state index is -0.689. The lowest BCUT2D eigenvalue weighted by Gasteiger charge is -2.38. The number of aromatic nitrogens is 3. The number of benzene rings is 1. The van der Waals surface area contributed by atoms with Crippen LogP contribution in [0.5, 0.6) is 0 Å². The molecule has 7 nitrogen and oxygen atoms in total. The van der Waals surface area contributed by atoms with Gasteiger partial charge in [-0.05, 0) is 51.2 Å². The number of hydrogen-bond acceptors (Lipinski definition) is 4. The van der Waals surface area contributed by atoms with E-state index in [0.29, 0.717) is 19.1 Å². The summed E-state index contributed by atoms with van der Waals surface area (Å²) >= 11 is 0. The van der Waals surface area contributed by atoms with Crippen molar-refractivity contribution in [3.8, 4) is 0 Å². The van der Waals surface area contributed by atoms with E-state index in [4.69, 9.17) is 0 Å². The second-order valence-electron chi connectivity index (χ2n) is 9.61. The van der Waals surface area contributed by atoms with Crippen molar-refractivity contribution in [2.45, 2.75) is 70.8 Å². The van der Waals surface area contributed by atoms with Gasteiger partial charge in [-0.15, -0.1) is 0 Å². The van der Waals surface area contributed by atoms with E-state index in [-0.39, 0.29) is 5.91 Å². The highest BCUT2D eigenvalue weighted by Gasteiger charge is 2.33. The van der Waals surface area contributed by atoms with Crippen molar-refractivity contribution in [3.63, 3.8) is 0 Å². The minimum absolute atomic E-state index is 0.0979. The van der Waals surface area contributed by atoms with Crippen LogP contribution in [0.15, 0.2) is 36.7 Å². The zero-order valence-corrected chi connectivity index (χ0v) is 19.0. The number of hydrogen-bond donors (Lipinski definition) is 2. The molecular weight excluding hydrogens is 402 g/mol. The molecule has 7 heteroatoms. The van der Waals surface area contributed by atoms with Gasteiger partial charge in [0.25, 0.3) is 0 Å². The number of amides is 1. The molecule has 1 saturated carbocycles. The van der Waals surface area contributed by atoms with Gasteiger partial charge in [0.1, 0.15) is 12.4 Å². The third-order valence-electron chi connectivity index (χ3n) is 7.16. The number of rotatable bonds is 7. The monoisotopic (exact) mass is 435 g/mol. The molecule has 0 spiro atoms. The molecule has 1 saturated heterocycles. The molecule has 1 amide bonds. The topological polar surface area (TPSA) is 75.3 Å². The highest BCUT2D eigenvalue weighted by Crippen LogP contribution is 2.30. The van der Waals surface area contributed by atoms with Crippen LogP contribution in [0.2, 0.25) is 0 Å². The Kier molecular flexibility index (Phi) is 5.55. The maximum absolute atomic E-state index is 12.5. The van der Waals surface area contributed by atoms with E-state index in [9.17, 15) is 9.90 Å². The lowest BCUT2D eigenvalue weighted by Crippen LogP contribution is -2.46. The molecule has 0 atom stereocenters. The predicted molar refractivity (Wildman–Crippen MR) is 124 cm³/mol. The number of likely N-dealkylation sites (tertiary alicyclic amines) is 1. The van der Waals surface area contributed by atoms with Gasteiger partial charge in [0.05, 0.1) is 12.1 Å². The van der Waals surface area contributed by atoms with Crippen LogP contribution in [-0.4, -0.2) is 54.8 Å². The van der Waals surface area contributed by atoms with Gasteiger partial charge < -0.3 is 19.6 Å². The fraction of sp³-hybridized carbons (Fsp3) is 0.520. The van der Waals surface area contributed by atoms with Gasteiger partial charge in [0, 0.05) is 54.7 Å². The summed E-state index contributed by atoms with van der Waals surface area (Å²) < 4.78 is 4.20. The molecule has 2 aromatic heterocycles. The number of carbonyl (C=O) groups excluding carboxylic acids is 1. The first-order valence-electron chi connectivity index (χ1n) is 11.7. The third-order valence-corrected chi connectivity index (χ3v) is 7.16. The summed E-state index contributed by atoms with van der Waals surface area (Å²) in [6.07, 6.45) is 7.42. The third kappa shape index (κ3) is 4.32. The second kappa shape index (κ2) is 8.37. The molecule has 32 heavy (non-hydrogen) atoms. The van der Waals surface area contributed by atoms with Crippen molar-refractivity contribution in [1.29, 1.82) is 0 Å². The number of fused-ring (bicyclic) bond motifs is 1. The first kappa shape index (κ1) is 21.2. The number of piperidine rings is 1. The zero-order chi connectivity index (χ0) is 22.3. The van der Waals surface area contributed by atoms with Crippen molar-refractivity contribution >= 4 is 16.8 Å². The van der Waals surface area contributed by atoms with Crippen molar-refractivity contribution < 1.29 is 9.90 Å². The van der Waals surface area contributed by atoms with Gasteiger partial charge in [0.2, 0.25) is 5.91 Å². The second-order valence-corrected chi connectivity index (χ2v) is 9.61. The summed E-state index contributed by atoms with van der Waals surface area (Å²) in [6.45, 7) is 7.61. The molecule has 0 bridgehead atoms. The molecule has 1 aliphatic carbocycles. The summed E-state index contributed by atoms with van der Waals surface area (Å²) in [5.74, 6) is 1.04. The highest BCUT2D eigenvalue weighted by molar-refractivity contribution is 5.87. The molecule has 1 aliphatic heterocycles. The zero-order valence-electron chi connectivity index (χ0n) is 19.0. The first-order chi connectivity index (χ1) is 15.4. The van der Waals surface area contributed by atoms with Crippen LogP contribution in [0, 0.1) is 13.8 Å². The van der Waals surface area contributed by atoms with Crippen LogP contribution in [0.3, 0.4) is 0 Å². The largest absolute Gasteiger partial charge is 0.388 e. The summed E-state index contributed by atoms with van der Waals surface area (Å²) in [5, 5.41) is 15.5. The summed E-state index contributed by atoms with van der Waals surface area (Å²) in [6, 6.07) is 8.76. The Morgan fingerprint density at radius 2 is 1.97 bits per heavy atom. The van der Waals surface area contributed by atoms with Crippen LogP contribution >= 0.6 is 0 Å². The van der Waals surface area contributed by atoms with Crippen LogP contribution in [0.1, 0.15) is 42.8 Å². The Morgan fingerprint density at radius 1 is 1.22 bits per heavy atom. The van der Waals surface area contributed by atoms with E-state index in [1.54, 1.807) is 6.20 Å². The number of nitrogens with zero attached hydrogens (tertiary/aromatic N) is 4. The minimum Gasteiger partial charge on any atom is -0.388 e. The Balaban J connectivity index is 1.30. The van der Waals surface area contributed by atoms with Crippen LogP contribution in [0.25, 0.3) is 10.9 Å². The Morgan fingerprint density at radius 3 is 2.66 bits per heavy atom. The molecule has 2 aliphatic rings. The van der Waals surface area contributed by atoms with Gasteiger partial charge in [-0.25, -0.2) is 4.98 Å². The molecule has 2 N–H and O–H groups in total. The molecular formula is C25H33N5O2. The van der Waals surface area contributed by atoms with Crippen LogP contribution in [0.4, 0.5) is 0 Å². The van der Waals surface area contributed by atoms with Gasteiger partial charge >= 0.3 is 0 Å². The summed E-state index contributed by atoms with van der Waals surface area (Å²) in [7, 11) is 0. The Bertz CT molecular complexity index is 1120. The summed E-state index contributed by atoms with van der Waals surface area (Å²) in [4.78, 5) is 19.2. The average molecular weight is 436 g/mol. The Labute approximate surface area is 189 Å². The standard InChI is InChI=1S/C25H33N5O2/c1-18-22(15-28-12-9-25(32,10-13-28)17-29-14-11-26-19(29)2)21-5-3-4-6-23(21)30(18)16-24(31)27-20-7-8-20/h3-6,11,14,20,32H,7-10,12-13,15-17H2,1-2H3,(H,27,31). The first-order valence-corrected chi connectivity index (χ1v) is 11.7. The fourth-order valence-corrected chi connectivity index (χ4v) is 4.95. The Hall–Kier alpha value is -2.64. The van der Waals surface area contributed by atoms with Crippen molar-refractivity contribution in [2.24, 2.45) is 0 Å². The van der Waals surface area contributed by atoms with Gasteiger partial charge in [-0.3, -0.25) is 9.69 Å². The lowest BCUT2D eigenvalue weighted by molar-refractivity contribution is -0.121. The number of aliphatic hydroxyl groups is 1. The van der Waals surface area contributed by atoms with Crippen molar-refractivity contribution in [2.75, 3.05) is 13.1 Å². The van der Waals surface area contributed by atoms with Gasteiger partial charge in [0.15, 0.2) is 0 Å². The van der Waals surface area contributed by atoms with Gasteiger partial charge in [-0.2, -0.15) is 0 Å². The number of para-hydroxylation sites is 1. The van der Waals surface area contributed by atoms with E-state index >= 15 is 0 Å². The van der Waals surface area contributed by atoms with Crippen molar-refractivity contribution in [3.05, 3.63) is 53.7 Å². The smallest absolute Gasteiger partial charge is 0.240 e. The van der Waals surface area contributed by atoms with Gasteiger partial charge in [-0.1, -0.05) is 18.2 Å². The van der Waals surface area contributed by atoms with E-state index in [1.807, 2.05) is 23.8 Å². The fourth-order valence-electron chi connectivity index (χ4n) is 4.95. The average Bonchev–Trinajstić information content (AvgIpc) is 3.45. The highest BCUT2D eigenvalue weighted by atomic mass is 16.3. The van der Waals surface area contributed by atoms with E-state index in [2.05, 4.69) is 44.9 Å². The molecule has 3 heterocycles. The number of nitrogens with one attached hydrogen (secondary N) is 1. The van der Waals surface area contributed by atoms with Crippen molar-refractivity contribution in [1.82, 2.24) is 24.3 Å². The maximum atomic E-state index is 12.5. The van der Waals surface area contributed by atoms with Crippen LogP contribution < -0.4 is 5.32 Å². The molecule has 5 rings (SSSR count).